The van der Waals surface area contributed by atoms with Gasteiger partial charge in [0.25, 0.3) is 6.26 Å². The maximum Gasteiger partial charge on any atom is 0.472 e. The second kappa shape index (κ2) is 27.8. The predicted octanol–water partition coefficient (Wildman–Crippen LogP) is 8.37. The molecule has 58 heavy (non-hydrogen) atoms. The smallest absolute Gasteiger partial charge is 0.419 e. The molecule has 0 saturated carbocycles. The first-order valence-electron chi connectivity index (χ1n) is 20.8. The van der Waals surface area contributed by atoms with E-state index in [-0.39, 0.29) is 35.8 Å². The number of benzene rings is 1. The van der Waals surface area contributed by atoms with E-state index in [4.69, 9.17) is 35.9 Å². The second-order valence-corrected chi connectivity index (χ2v) is 16.9. The molecule has 2 aromatic heterocycles. The first-order chi connectivity index (χ1) is 28.0. The minimum Gasteiger partial charge on any atom is -0.419 e. The Bertz CT molecular complexity index is 1680. The third-order valence-corrected chi connectivity index (χ3v) is 11.3. The maximum absolute atomic E-state index is 13.7. The lowest BCUT2D eigenvalue weighted by atomic mass is 10.0. The summed E-state index contributed by atoms with van der Waals surface area (Å²) in [5.41, 5.74) is 7.13. The average Bonchev–Trinajstić information content (AvgIpc) is 3.64. The fourth-order valence-electron chi connectivity index (χ4n) is 6.84. The number of unbranched alkanes of at least 4 members (excludes halogenated alkanes) is 15. The number of hydrogen-bond acceptors (Lipinski definition) is 12. The summed E-state index contributed by atoms with van der Waals surface area (Å²) >= 11 is 5.98. The van der Waals surface area contributed by atoms with Crippen LogP contribution in [0, 0.1) is 17.3 Å². The third kappa shape index (κ3) is 18.6. The van der Waals surface area contributed by atoms with Gasteiger partial charge in [0.05, 0.1) is 36.6 Å². The number of halogens is 2. The monoisotopic (exact) mass is 854 g/mol. The average molecular weight is 855 g/mol. The van der Waals surface area contributed by atoms with Crippen molar-refractivity contribution in [2.24, 2.45) is 0 Å². The number of aromatic nitrogens is 3. The quantitative estimate of drug-likeness (QED) is 0.0222. The number of phosphoric ester groups is 1. The molecule has 0 fully saturated rings. The molecule has 0 aliphatic carbocycles. The summed E-state index contributed by atoms with van der Waals surface area (Å²) in [4.78, 5) is 14.5. The highest BCUT2D eigenvalue weighted by molar-refractivity contribution is 7.47. The first-order valence-corrected chi connectivity index (χ1v) is 22.7. The third-order valence-electron chi connectivity index (χ3n) is 10.1. The molecule has 2 heterocycles. The molecule has 0 aliphatic rings. The molecular formula is C41H65ClFN6O8P. The molecule has 17 heteroatoms. The van der Waals surface area contributed by atoms with Crippen LogP contribution in [-0.4, -0.2) is 80.4 Å². The van der Waals surface area contributed by atoms with Gasteiger partial charge in [-0.1, -0.05) is 121 Å². The maximum atomic E-state index is 13.7. The summed E-state index contributed by atoms with van der Waals surface area (Å²) in [6.07, 6.45) is 18.4. The number of fused-ring (bicyclic) bond motifs is 1. The van der Waals surface area contributed by atoms with Gasteiger partial charge in [0.15, 0.2) is 11.9 Å². The van der Waals surface area contributed by atoms with Crippen LogP contribution in [-0.2, 0) is 29.5 Å². The fourth-order valence-corrected chi connectivity index (χ4v) is 7.82. The van der Waals surface area contributed by atoms with Crippen LogP contribution in [0.5, 0.6) is 0 Å². The lowest BCUT2D eigenvalue weighted by Gasteiger charge is -2.26. The Morgan fingerprint density at radius 2 is 1.53 bits per heavy atom. The van der Waals surface area contributed by atoms with Crippen molar-refractivity contribution in [2.75, 3.05) is 32.2 Å². The van der Waals surface area contributed by atoms with Crippen LogP contribution in [0.1, 0.15) is 134 Å². The summed E-state index contributed by atoms with van der Waals surface area (Å²) in [6.45, 7) is 3.75. The van der Waals surface area contributed by atoms with E-state index in [1.165, 1.54) is 119 Å². The van der Waals surface area contributed by atoms with Gasteiger partial charge in [0.2, 0.25) is 0 Å². The zero-order valence-electron chi connectivity index (χ0n) is 34.2. The van der Waals surface area contributed by atoms with Crippen molar-refractivity contribution in [3.05, 3.63) is 58.8 Å². The highest BCUT2D eigenvalue weighted by Gasteiger charge is 2.35. The number of nitrogens with one attached hydrogen (secondary N) is 1. The number of hydrogen-bond donors (Lipinski definition) is 5. The van der Waals surface area contributed by atoms with Gasteiger partial charge in [-0.2, -0.15) is 10.4 Å². The molecule has 3 rings (SSSR count). The Kier molecular flexibility index (Phi) is 23.7. The van der Waals surface area contributed by atoms with Crippen molar-refractivity contribution in [3.63, 3.8) is 0 Å². The molecule has 0 amide bonds. The number of anilines is 1. The molecule has 0 saturated heterocycles. The van der Waals surface area contributed by atoms with Gasteiger partial charge in [0.1, 0.15) is 29.9 Å². The number of nitrogens with two attached hydrogens (primary N) is 1. The Morgan fingerprint density at radius 1 is 0.931 bits per heavy atom. The van der Waals surface area contributed by atoms with E-state index in [0.29, 0.717) is 18.5 Å². The van der Waals surface area contributed by atoms with E-state index in [2.05, 4.69) is 22.3 Å². The molecular weight excluding hydrogens is 790 g/mol. The Balaban J connectivity index is 1.43. The minimum absolute atomic E-state index is 0.0157. The molecule has 0 bridgehead atoms. The zero-order valence-corrected chi connectivity index (χ0v) is 35.8. The highest BCUT2D eigenvalue weighted by Crippen LogP contribution is 2.44. The Morgan fingerprint density at radius 3 is 2.14 bits per heavy atom. The number of nitrogens with zero attached hydrogens (tertiary/aromatic N) is 4. The number of nitriles is 1. The Labute approximate surface area is 348 Å². The summed E-state index contributed by atoms with van der Waals surface area (Å²) in [7, 11) is -4.78. The van der Waals surface area contributed by atoms with Crippen LogP contribution in [0.2, 0.25) is 5.02 Å². The molecule has 0 spiro atoms. The van der Waals surface area contributed by atoms with Crippen LogP contribution in [0.3, 0.4) is 0 Å². The van der Waals surface area contributed by atoms with Crippen molar-refractivity contribution >= 4 is 30.8 Å². The van der Waals surface area contributed by atoms with E-state index in [1.807, 2.05) is 6.92 Å². The zero-order chi connectivity index (χ0) is 42.2. The molecule has 1 aromatic carbocycles. The predicted molar refractivity (Wildman–Crippen MR) is 222 cm³/mol. The van der Waals surface area contributed by atoms with Gasteiger partial charge in [0, 0.05) is 12.6 Å². The normalized spacial score (nSPS) is 15.4. The van der Waals surface area contributed by atoms with Crippen molar-refractivity contribution < 1.29 is 42.6 Å². The number of phosphoric acid groups is 1. The van der Waals surface area contributed by atoms with Crippen LogP contribution in [0.15, 0.2) is 36.7 Å². The van der Waals surface area contributed by atoms with Crippen molar-refractivity contribution in [1.29, 1.82) is 5.26 Å². The summed E-state index contributed by atoms with van der Waals surface area (Å²) in [6, 6.07) is 6.75. The van der Waals surface area contributed by atoms with Crippen LogP contribution >= 0.6 is 19.4 Å². The summed E-state index contributed by atoms with van der Waals surface area (Å²) in [5.74, 6) is -0.372. The Hall–Kier alpha value is -2.90. The van der Waals surface area contributed by atoms with Crippen LogP contribution < -0.4 is 11.1 Å². The van der Waals surface area contributed by atoms with Crippen molar-refractivity contribution in [3.8, 4) is 6.26 Å². The number of aliphatic hydroxyl groups is 2. The van der Waals surface area contributed by atoms with Gasteiger partial charge in [-0.3, -0.25) is 9.05 Å². The molecule has 0 radical (unpaired) electrons. The topological polar surface area (TPSA) is 207 Å². The number of nitrogen functional groups attached to an aromatic ring is 1. The number of aliphatic hydroxyl groups excluding tert-OH is 2. The number of ether oxygens (including phenoxy) is 2. The van der Waals surface area contributed by atoms with Gasteiger partial charge in [-0.05, 0) is 49.6 Å². The standard InChI is InChI=1S/C41H65ClFN6O8P/c1-3-4-5-6-7-8-9-10-11-12-13-14-15-16-17-18-23-54-26-33(48-31(2)24-32-19-20-35(43)34(42)25-32)27-56-58(52,53)57-28-38(55-29-44)40(51)39(50)36-21-22-37-41(45)46-30-47-49(36)37/h19-22,25,30-31,33,38-40,48,50-51H,3-18,23-24,26-28H2,1-2H3,(H,52,53)(H2,45,46,47)/t31?,33-,38-,39+,40-/m1/s1. The molecule has 14 nitrogen and oxygen atoms in total. The van der Waals surface area contributed by atoms with E-state index < -0.39 is 44.6 Å². The highest BCUT2D eigenvalue weighted by atomic mass is 35.5. The van der Waals surface area contributed by atoms with E-state index in [1.54, 1.807) is 12.1 Å². The van der Waals surface area contributed by atoms with Crippen molar-refractivity contribution in [2.45, 2.75) is 153 Å². The van der Waals surface area contributed by atoms with E-state index in [0.717, 1.165) is 24.8 Å². The summed E-state index contributed by atoms with van der Waals surface area (Å²) in [5, 5.41) is 38.4. The molecule has 6 atom stereocenters. The van der Waals surface area contributed by atoms with Gasteiger partial charge in [-0.15, -0.1) is 0 Å². The SMILES string of the molecule is CCCCCCCCCCCCCCCCCCOC[C@H](COP(=O)(O)OC[C@@H](OC#N)[C@@H](O)[C@@H](O)c1ccc2c(N)ncnn12)NC(C)Cc1ccc(F)c(Cl)c1. The lowest BCUT2D eigenvalue weighted by molar-refractivity contribution is -0.0797. The van der Waals surface area contributed by atoms with Gasteiger partial charge >= 0.3 is 7.82 Å². The second-order valence-electron chi connectivity index (χ2n) is 15.0. The molecule has 0 aliphatic heterocycles. The largest absolute Gasteiger partial charge is 0.472 e. The lowest BCUT2D eigenvalue weighted by Crippen LogP contribution is -2.43. The van der Waals surface area contributed by atoms with Crippen LogP contribution in [0.4, 0.5) is 10.2 Å². The fraction of sp³-hybridized carbons (Fsp3) is 0.683. The molecule has 326 valence electrons. The van der Waals surface area contributed by atoms with E-state index in [9.17, 15) is 29.3 Å². The van der Waals surface area contributed by atoms with Gasteiger partial charge < -0.3 is 35.6 Å². The molecule has 2 unspecified atom stereocenters. The van der Waals surface area contributed by atoms with Gasteiger partial charge in [-0.25, -0.2) is 18.5 Å². The number of rotatable bonds is 33. The molecule has 3 aromatic rings. The minimum atomic E-state index is -4.78. The summed E-state index contributed by atoms with van der Waals surface area (Å²) < 4.78 is 49.4. The van der Waals surface area contributed by atoms with Crippen LogP contribution in [0.25, 0.3) is 5.52 Å². The first kappa shape index (κ1) is 49.5. The van der Waals surface area contributed by atoms with E-state index >= 15 is 0 Å². The van der Waals surface area contributed by atoms with Crippen molar-refractivity contribution in [1.82, 2.24) is 19.9 Å². The molecule has 6 N–H and O–H groups in total.